The maximum Gasteiger partial charge on any atom is 0.164 e. The van der Waals surface area contributed by atoms with E-state index in [1.807, 2.05) is 42.5 Å². The van der Waals surface area contributed by atoms with Gasteiger partial charge in [-0.25, -0.2) is 15.0 Å². The van der Waals surface area contributed by atoms with Crippen molar-refractivity contribution in [3.63, 3.8) is 0 Å². The number of allylic oxidation sites excluding steroid dienone is 2. The Kier molecular flexibility index (Phi) is 8.74. The van der Waals surface area contributed by atoms with Gasteiger partial charge in [0.05, 0.1) is 0 Å². The van der Waals surface area contributed by atoms with E-state index in [1.54, 1.807) is 11.3 Å². The summed E-state index contributed by atoms with van der Waals surface area (Å²) in [4.78, 5) is 16.0. The summed E-state index contributed by atoms with van der Waals surface area (Å²) in [6.45, 7) is 0. The minimum absolute atomic E-state index is 0.0502. The lowest BCUT2D eigenvalue weighted by Crippen LogP contribution is -2.17. The van der Waals surface area contributed by atoms with E-state index in [9.17, 15) is 0 Å². The molecule has 6 nitrogen and oxygen atoms in total. The highest BCUT2D eigenvalue weighted by atomic mass is 32.1. The molecule has 0 N–H and O–H groups in total. The Morgan fingerprint density at radius 1 is 0.368 bits per heavy atom. The van der Waals surface area contributed by atoms with E-state index in [0.29, 0.717) is 17.5 Å². The first-order chi connectivity index (χ1) is 37.6. The number of fused-ring (bicyclic) bond motifs is 18. The largest absolute Gasteiger partial charge is 0.485 e. The fourth-order valence-electron chi connectivity index (χ4n) is 12.2. The second-order valence-electron chi connectivity index (χ2n) is 20.1. The van der Waals surface area contributed by atoms with Gasteiger partial charge in [-0.3, -0.25) is 0 Å². The first kappa shape index (κ1) is 41.7. The van der Waals surface area contributed by atoms with E-state index < -0.39 is 0 Å². The Morgan fingerprint density at radius 3 is 1.75 bits per heavy atom. The van der Waals surface area contributed by atoms with Crippen molar-refractivity contribution in [3.05, 3.63) is 236 Å². The fourth-order valence-corrected chi connectivity index (χ4v) is 13.4. The highest BCUT2D eigenvalue weighted by Crippen LogP contribution is 2.47. The number of nitrogens with zero attached hydrogens (tertiary/aromatic N) is 3. The van der Waals surface area contributed by atoms with Crippen molar-refractivity contribution in [2.45, 2.75) is 12.0 Å². The van der Waals surface area contributed by atoms with Crippen LogP contribution in [-0.2, 0) is 0 Å². The highest BCUT2D eigenvalue weighted by Gasteiger charge is 2.35. The molecule has 0 spiro atoms. The van der Waals surface area contributed by atoms with Crippen molar-refractivity contribution in [3.8, 4) is 50.8 Å². The third-order valence-corrected chi connectivity index (χ3v) is 17.0. The van der Waals surface area contributed by atoms with Crippen LogP contribution in [0.5, 0.6) is 5.75 Å². The molecule has 2 aliphatic rings. The second-order valence-corrected chi connectivity index (χ2v) is 21.2. The Bertz CT molecular complexity index is 5040. The van der Waals surface area contributed by atoms with E-state index in [4.69, 9.17) is 28.5 Å². The van der Waals surface area contributed by atoms with Gasteiger partial charge in [0.25, 0.3) is 0 Å². The van der Waals surface area contributed by atoms with Crippen LogP contribution in [0.25, 0.3) is 147 Å². The summed E-state index contributed by atoms with van der Waals surface area (Å²) in [6.07, 6.45) is 6.41. The Labute approximate surface area is 438 Å². The van der Waals surface area contributed by atoms with Crippen molar-refractivity contribution < 1.29 is 13.6 Å². The molecule has 17 rings (SSSR count). The Balaban J connectivity index is 0.781. The van der Waals surface area contributed by atoms with Crippen LogP contribution in [0.2, 0.25) is 0 Å². The van der Waals surface area contributed by atoms with Gasteiger partial charge < -0.3 is 13.6 Å². The molecule has 0 radical (unpaired) electrons. The molecule has 2 unspecified atom stereocenters. The maximum atomic E-state index is 6.66. The van der Waals surface area contributed by atoms with Gasteiger partial charge in [0.2, 0.25) is 0 Å². The minimum Gasteiger partial charge on any atom is -0.485 e. The molecule has 2 atom stereocenters. The SMILES string of the molecule is C1=CC2Oc3ccc(-c4ccc5c6ccccc6c6ccccc6c5c4)cc3C2C=C1c1nc(-c2ccc3c(c2)sc2ccc(-c4ccc5oc6ccccc6c5c4)cc23)nc(-c2cccc3oc4ccccc4c23)n1. The summed E-state index contributed by atoms with van der Waals surface area (Å²) in [5.74, 6) is 2.62. The van der Waals surface area contributed by atoms with Crippen molar-refractivity contribution in [1.29, 1.82) is 0 Å². The lowest BCUT2D eigenvalue weighted by molar-refractivity contribution is 0.269. The van der Waals surface area contributed by atoms with Crippen LogP contribution in [0.4, 0.5) is 0 Å². The summed E-state index contributed by atoms with van der Waals surface area (Å²) < 4.78 is 21.6. The summed E-state index contributed by atoms with van der Waals surface area (Å²) in [5, 5.41) is 14.2. The van der Waals surface area contributed by atoms with E-state index in [1.165, 1.54) is 53.4 Å². The number of benzene rings is 11. The van der Waals surface area contributed by atoms with E-state index in [0.717, 1.165) is 93.3 Å². The zero-order chi connectivity index (χ0) is 49.6. The Morgan fingerprint density at radius 2 is 0.934 bits per heavy atom. The number of rotatable bonds is 5. The predicted octanol–water partition coefficient (Wildman–Crippen LogP) is 18.7. The maximum absolute atomic E-state index is 6.66. The van der Waals surface area contributed by atoms with E-state index in [2.05, 4.69) is 182 Å². The summed E-state index contributed by atoms with van der Waals surface area (Å²) in [7, 11) is 0. The molecule has 0 fully saturated rings. The normalized spacial score (nSPS) is 15.2. The fraction of sp³-hybridized carbons (Fsp3) is 0.0290. The molecule has 0 bridgehead atoms. The average molecular weight is 990 g/mol. The number of ether oxygens (including phenoxy) is 1. The molecule has 5 heterocycles. The Hall–Kier alpha value is -9.69. The van der Waals surface area contributed by atoms with Crippen LogP contribution in [-0.4, -0.2) is 21.1 Å². The molecule has 11 aromatic carbocycles. The quantitative estimate of drug-likeness (QED) is 0.160. The first-order valence-electron chi connectivity index (χ1n) is 25.7. The van der Waals surface area contributed by atoms with Crippen molar-refractivity contribution in [2.75, 3.05) is 0 Å². The zero-order valence-electron chi connectivity index (χ0n) is 40.5. The summed E-state index contributed by atoms with van der Waals surface area (Å²) in [5.41, 5.74) is 11.9. The molecule has 0 saturated carbocycles. The minimum atomic E-state index is -0.156. The first-order valence-corrected chi connectivity index (χ1v) is 26.5. The van der Waals surface area contributed by atoms with Crippen LogP contribution in [0.1, 0.15) is 17.3 Å². The van der Waals surface area contributed by atoms with Crippen molar-refractivity contribution in [2.24, 2.45) is 0 Å². The number of hydrogen-bond acceptors (Lipinski definition) is 7. The summed E-state index contributed by atoms with van der Waals surface area (Å²) in [6, 6.07) is 73.5. The highest BCUT2D eigenvalue weighted by molar-refractivity contribution is 7.25. The molecule has 354 valence electrons. The number of furan rings is 2. The van der Waals surface area contributed by atoms with E-state index in [-0.39, 0.29) is 12.0 Å². The third-order valence-electron chi connectivity index (χ3n) is 15.9. The van der Waals surface area contributed by atoms with Gasteiger partial charge in [-0.15, -0.1) is 11.3 Å². The molecule has 1 aliphatic carbocycles. The zero-order valence-corrected chi connectivity index (χ0v) is 41.3. The van der Waals surface area contributed by atoms with Gasteiger partial charge >= 0.3 is 0 Å². The van der Waals surface area contributed by atoms with E-state index >= 15 is 0 Å². The molecule has 0 amide bonds. The number of thiophene rings is 1. The molecule has 4 aromatic heterocycles. The lowest BCUT2D eigenvalue weighted by Gasteiger charge is -2.19. The van der Waals surface area contributed by atoms with Crippen LogP contribution in [0.3, 0.4) is 0 Å². The number of para-hydroxylation sites is 2. The van der Waals surface area contributed by atoms with Crippen LogP contribution in [0, 0.1) is 0 Å². The van der Waals surface area contributed by atoms with Gasteiger partial charge in [0.1, 0.15) is 34.2 Å². The molecule has 15 aromatic rings. The molecule has 1 aliphatic heterocycles. The van der Waals surface area contributed by atoms with Crippen LogP contribution >= 0.6 is 11.3 Å². The molecule has 7 heteroatoms. The van der Waals surface area contributed by atoms with Gasteiger partial charge in [0.15, 0.2) is 17.5 Å². The van der Waals surface area contributed by atoms with Gasteiger partial charge in [0, 0.05) is 69.9 Å². The summed E-state index contributed by atoms with van der Waals surface area (Å²) >= 11 is 1.79. The second kappa shape index (κ2) is 15.9. The number of aromatic nitrogens is 3. The standard InChI is InChI=1S/C69H39N3O3S/c1-2-12-46-44(10-1)45-11-3-4-13-47(45)53-32-38(20-26-48(46)53)40-23-29-61-55(34-40)56-36-42(24-30-62(56)74-61)67-70-68(72-69(71-67)52-16-9-19-63-66(52)51-15-6-8-18-59(51)75-63)43-21-27-50-57-35-41(25-31-64(57)76-65(50)37-43)39-22-28-60-54(33-39)49-14-5-7-17-58(49)73-60/h1-37,56,62H. The van der Waals surface area contributed by atoms with Gasteiger partial charge in [-0.05, 0) is 127 Å². The molecule has 76 heavy (non-hydrogen) atoms. The van der Waals surface area contributed by atoms with Gasteiger partial charge in [-0.2, -0.15) is 0 Å². The molecular formula is C69H39N3O3S. The predicted molar refractivity (Wildman–Crippen MR) is 312 cm³/mol. The molecule has 0 saturated heterocycles. The smallest absolute Gasteiger partial charge is 0.164 e. The van der Waals surface area contributed by atoms with Crippen molar-refractivity contribution in [1.82, 2.24) is 15.0 Å². The number of hydrogen-bond donors (Lipinski definition) is 0. The van der Waals surface area contributed by atoms with Crippen molar-refractivity contribution >= 4 is 113 Å². The average Bonchev–Trinajstić information content (AvgIpc) is 4.28. The lowest BCUT2D eigenvalue weighted by atomic mass is 9.87. The van der Waals surface area contributed by atoms with Crippen LogP contribution < -0.4 is 4.74 Å². The monoisotopic (exact) mass is 989 g/mol. The van der Waals surface area contributed by atoms with Gasteiger partial charge in [-0.1, -0.05) is 152 Å². The topological polar surface area (TPSA) is 74.2 Å². The third kappa shape index (κ3) is 6.30. The van der Waals surface area contributed by atoms with Crippen LogP contribution in [0.15, 0.2) is 233 Å². The molecular weight excluding hydrogens is 951 g/mol.